The number of pyridine rings is 1. The van der Waals surface area contributed by atoms with E-state index in [0.717, 1.165) is 12.8 Å². The zero-order chi connectivity index (χ0) is 26.9. The van der Waals surface area contributed by atoms with Crippen LogP contribution in [0, 0.1) is 11.2 Å². The molecule has 2 heterocycles. The van der Waals surface area contributed by atoms with Gasteiger partial charge in [-0.3, -0.25) is 19.5 Å². The van der Waals surface area contributed by atoms with Crippen LogP contribution in [0.15, 0.2) is 41.9 Å². The summed E-state index contributed by atoms with van der Waals surface area (Å²) in [6.45, 7) is 9.52. The van der Waals surface area contributed by atoms with Crippen molar-refractivity contribution in [2.75, 3.05) is 38.1 Å². The standard InChI is InChI=1S/C27H31ClFN5O3/c1-5-22(37)32-11-12-34(17(2)14-32)25(30-4)18-13-19(28)24(23-20(29)7-6-8-21(23)36)31-26(18)33(16-35)15-27(3)9-10-27/h5-8,13,16-17,36H,1,9-12,14-15H2,2-4H3/b30-25+. The van der Waals surface area contributed by atoms with Gasteiger partial charge in [0.25, 0.3) is 0 Å². The Bertz CT molecular complexity index is 1240. The molecule has 0 spiro atoms. The number of carbonyl (C=O) groups excluding carboxylic acids is 2. The van der Waals surface area contributed by atoms with Crippen molar-refractivity contribution in [3.05, 3.63) is 53.3 Å². The molecule has 10 heteroatoms. The number of rotatable bonds is 7. The molecule has 1 unspecified atom stereocenters. The summed E-state index contributed by atoms with van der Waals surface area (Å²) < 4.78 is 14.8. The van der Waals surface area contributed by atoms with Crippen molar-refractivity contribution in [2.45, 2.75) is 32.7 Å². The van der Waals surface area contributed by atoms with Crippen LogP contribution in [0.1, 0.15) is 32.3 Å². The Kier molecular flexibility index (Phi) is 7.54. The Hall–Kier alpha value is -3.46. The van der Waals surface area contributed by atoms with Gasteiger partial charge in [0.15, 0.2) is 0 Å². The van der Waals surface area contributed by atoms with Crippen molar-refractivity contribution in [3.63, 3.8) is 0 Å². The summed E-state index contributed by atoms with van der Waals surface area (Å²) in [6.07, 6.45) is 3.97. The van der Waals surface area contributed by atoms with Crippen LogP contribution in [-0.4, -0.2) is 77.3 Å². The molecule has 1 aliphatic heterocycles. The second-order valence-electron chi connectivity index (χ2n) is 9.95. The van der Waals surface area contributed by atoms with E-state index in [-0.39, 0.29) is 45.2 Å². The van der Waals surface area contributed by atoms with Gasteiger partial charge in [-0.2, -0.15) is 0 Å². The molecule has 1 aromatic heterocycles. The number of phenols is 1. The van der Waals surface area contributed by atoms with E-state index in [9.17, 15) is 19.1 Å². The van der Waals surface area contributed by atoms with E-state index < -0.39 is 5.82 Å². The maximum absolute atomic E-state index is 14.8. The Morgan fingerprint density at radius 2 is 2.14 bits per heavy atom. The quantitative estimate of drug-likeness (QED) is 0.253. The summed E-state index contributed by atoms with van der Waals surface area (Å²) in [5, 5.41) is 10.5. The minimum absolute atomic E-state index is 0.0344. The van der Waals surface area contributed by atoms with Crippen LogP contribution < -0.4 is 4.90 Å². The van der Waals surface area contributed by atoms with E-state index >= 15 is 0 Å². The third-order valence-electron chi connectivity index (χ3n) is 7.08. The number of phenolic OH excluding ortho intramolecular Hbond substituents is 1. The normalized spacial score (nSPS) is 18.9. The Balaban J connectivity index is 1.83. The van der Waals surface area contributed by atoms with Crippen molar-refractivity contribution >= 4 is 35.6 Å². The largest absolute Gasteiger partial charge is 0.507 e. The average molecular weight is 528 g/mol. The highest BCUT2D eigenvalue weighted by Crippen LogP contribution is 2.46. The van der Waals surface area contributed by atoms with Crippen LogP contribution in [0.3, 0.4) is 0 Å². The first-order valence-corrected chi connectivity index (χ1v) is 12.6. The summed E-state index contributed by atoms with van der Waals surface area (Å²) in [5.74, 6) is -0.283. The molecule has 1 aliphatic carbocycles. The van der Waals surface area contributed by atoms with Crippen molar-refractivity contribution < 1.29 is 19.1 Å². The number of hydrogen-bond donors (Lipinski definition) is 1. The molecule has 2 amide bonds. The zero-order valence-electron chi connectivity index (χ0n) is 21.2. The van der Waals surface area contributed by atoms with E-state index in [0.29, 0.717) is 44.0 Å². The van der Waals surface area contributed by atoms with Crippen molar-refractivity contribution in [2.24, 2.45) is 10.4 Å². The maximum Gasteiger partial charge on any atom is 0.246 e. The zero-order valence-corrected chi connectivity index (χ0v) is 22.0. The van der Waals surface area contributed by atoms with Gasteiger partial charge in [-0.1, -0.05) is 31.2 Å². The summed E-state index contributed by atoms with van der Waals surface area (Å²) >= 11 is 6.65. The number of aromatic nitrogens is 1. The lowest BCUT2D eigenvalue weighted by atomic mass is 10.0. The number of halogens is 2. The molecule has 2 aromatic rings. The fourth-order valence-corrected chi connectivity index (χ4v) is 4.98. The van der Waals surface area contributed by atoms with Crippen molar-refractivity contribution in [3.8, 4) is 17.0 Å². The van der Waals surface area contributed by atoms with Crippen LogP contribution in [0.2, 0.25) is 5.02 Å². The summed E-state index contributed by atoms with van der Waals surface area (Å²) in [5.41, 5.74) is 0.379. The SMILES string of the molecule is C=CC(=O)N1CCN(/C(=N/C)c2cc(Cl)c(-c3c(O)cccc3F)nc2N(C=O)CC2(C)CC2)C(C)C1. The van der Waals surface area contributed by atoms with Crippen LogP contribution in [0.25, 0.3) is 11.3 Å². The molecule has 0 bridgehead atoms. The minimum Gasteiger partial charge on any atom is -0.507 e. The first-order valence-electron chi connectivity index (χ1n) is 12.2. The van der Waals surface area contributed by atoms with Crippen molar-refractivity contribution in [1.29, 1.82) is 0 Å². The van der Waals surface area contributed by atoms with Crippen molar-refractivity contribution in [1.82, 2.24) is 14.8 Å². The smallest absolute Gasteiger partial charge is 0.246 e. The lowest BCUT2D eigenvalue weighted by Crippen LogP contribution is -2.55. The van der Waals surface area contributed by atoms with Gasteiger partial charge in [0.05, 0.1) is 21.8 Å². The van der Waals surface area contributed by atoms with E-state index in [1.165, 1.54) is 29.2 Å². The van der Waals surface area contributed by atoms with Gasteiger partial charge < -0.3 is 14.9 Å². The van der Waals surface area contributed by atoms with Crippen LogP contribution >= 0.6 is 11.6 Å². The molecule has 8 nitrogen and oxygen atoms in total. The molecular formula is C27H31ClFN5O3. The second-order valence-corrected chi connectivity index (χ2v) is 10.4. The first-order chi connectivity index (χ1) is 17.6. The predicted octanol–water partition coefficient (Wildman–Crippen LogP) is 4.10. The Labute approximate surface area is 221 Å². The molecular weight excluding hydrogens is 497 g/mol. The predicted molar refractivity (Wildman–Crippen MR) is 142 cm³/mol. The number of aliphatic imine (C=N–C) groups is 1. The molecule has 37 heavy (non-hydrogen) atoms. The fraction of sp³-hybridized carbons (Fsp3) is 0.407. The maximum atomic E-state index is 14.8. The molecule has 196 valence electrons. The summed E-state index contributed by atoms with van der Waals surface area (Å²) in [6, 6.07) is 5.49. The monoisotopic (exact) mass is 527 g/mol. The topological polar surface area (TPSA) is 89.3 Å². The highest BCUT2D eigenvalue weighted by molar-refractivity contribution is 6.33. The number of carbonyl (C=O) groups is 2. The number of aromatic hydroxyl groups is 1. The van der Waals surface area contributed by atoms with E-state index in [2.05, 4.69) is 23.5 Å². The average Bonchev–Trinajstić information content (AvgIpc) is 3.61. The van der Waals surface area contributed by atoms with Gasteiger partial charge in [0.2, 0.25) is 12.3 Å². The molecule has 1 N–H and O–H groups in total. The fourth-order valence-electron chi connectivity index (χ4n) is 4.74. The van der Waals surface area contributed by atoms with Crippen LogP contribution in [0.5, 0.6) is 5.75 Å². The van der Waals surface area contributed by atoms with Gasteiger partial charge in [0, 0.05) is 39.3 Å². The molecule has 2 aliphatic rings. The summed E-state index contributed by atoms with van der Waals surface area (Å²) in [4.78, 5) is 39.0. The van der Waals surface area contributed by atoms with Gasteiger partial charge in [0.1, 0.15) is 23.2 Å². The second kappa shape index (κ2) is 10.5. The number of amides is 2. The number of anilines is 1. The van der Waals surface area contributed by atoms with E-state index in [1.807, 2.05) is 11.8 Å². The van der Waals surface area contributed by atoms with Crippen LogP contribution in [0.4, 0.5) is 10.2 Å². The van der Waals surface area contributed by atoms with Gasteiger partial charge in [-0.25, -0.2) is 9.37 Å². The number of hydrogen-bond acceptors (Lipinski definition) is 5. The minimum atomic E-state index is -0.680. The highest BCUT2D eigenvalue weighted by Gasteiger charge is 2.40. The van der Waals surface area contributed by atoms with Gasteiger partial charge in [-0.15, -0.1) is 0 Å². The summed E-state index contributed by atoms with van der Waals surface area (Å²) in [7, 11) is 1.64. The van der Waals surface area contributed by atoms with Gasteiger partial charge in [-0.05, 0) is 49.5 Å². The molecule has 0 radical (unpaired) electrons. The Morgan fingerprint density at radius 1 is 1.41 bits per heavy atom. The first kappa shape index (κ1) is 26.6. The van der Waals surface area contributed by atoms with Gasteiger partial charge >= 0.3 is 0 Å². The number of nitrogens with zero attached hydrogens (tertiary/aromatic N) is 5. The molecule has 2 fully saturated rings. The van der Waals surface area contributed by atoms with Crippen LogP contribution in [-0.2, 0) is 9.59 Å². The van der Waals surface area contributed by atoms with E-state index in [1.54, 1.807) is 18.0 Å². The van der Waals surface area contributed by atoms with E-state index in [4.69, 9.17) is 11.6 Å². The number of amidine groups is 1. The number of piperazine rings is 1. The molecule has 4 rings (SSSR count). The lowest BCUT2D eigenvalue weighted by molar-refractivity contribution is -0.128. The Morgan fingerprint density at radius 3 is 2.70 bits per heavy atom. The third kappa shape index (κ3) is 5.32. The molecule has 1 saturated heterocycles. The number of benzene rings is 1. The lowest BCUT2D eigenvalue weighted by Gasteiger charge is -2.41. The molecule has 1 atom stereocenters. The molecule has 1 aromatic carbocycles. The third-order valence-corrected chi connectivity index (χ3v) is 7.37. The molecule has 1 saturated carbocycles. The highest BCUT2D eigenvalue weighted by atomic mass is 35.5.